The van der Waals surface area contributed by atoms with Gasteiger partial charge >= 0.3 is 0 Å². The zero-order chi connectivity index (χ0) is 24.5. The third-order valence-electron chi connectivity index (χ3n) is 6.06. The standard InChI is InChI=1S/C25H24FN3O5S/c1-13(34-16-5-7-19(27-10-16)24(31)14-2-3-14)23-9-20(29-35-23)15-4-6-17(18(26)8-15)25(32)28-21-11-33-12-22(21)30/h4-10,13-14,21-22,30H,2-3,11-12H2,1H3,(H,28,32)/t13-,21-,22-/m1/s1. The number of benzene rings is 1. The number of aliphatic hydroxyl groups excluding tert-OH is 1. The first kappa shape index (κ1) is 23.5. The van der Waals surface area contributed by atoms with Crippen molar-refractivity contribution in [1.29, 1.82) is 0 Å². The monoisotopic (exact) mass is 497 g/mol. The molecule has 1 aliphatic carbocycles. The number of pyridine rings is 1. The van der Waals surface area contributed by atoms with Crippen LogP contribution in [0.1, 0.15) is 51.6 Å². The van der Waals surface area contributed by atoms with E-state index in [2.05, 4.69) is 14.7 Å². The number of ketones is 1. The van der Waals surface area contributed by atoms with Crippen LogP contribution in [0.5, 0.6) is 5.75 Å². The van der Waals surface area contributed by atoms with Gasteiger partial charge in [0.05, 0.1) is 47.7 Å². The lowest BCUT2D eigenvalue weighted by atomic mass is 10.1. The van der Waals surface area contributed by atoms with E-state index in [1.54, 1.807) is 24.4 Å². The molecule has 1 aromatic carbocycles. The fourth-order valence-electron chi connectivity index (χ4n) is 3.82. The zero-order valence-corrected chi connectivity index (χ0v) is 19.8. The van der Waals surface area contributed by atoms with E-state index in [-0.39, 0.29) is 36.6 Å². The number of Topliss-reactive ketones (excluding diaryl/α,β-unsaturated/α-hetero) is 1. The summed E-state index contributed by atoms with van der Waals surface area (Å²) in [6.45, 7) is 2.20. The Morgan fingerprint density at radius 2 is 2.06 bits per heavy atom. The van der Waals surface area contributed by atoms with Crippen molar-refractivity contribution in [3.8, 4) is 17.0 Å². The molecule has 0 unspecified atom stereocenters. The van der Waals surface area contributed by atoms with Crippen LogP contribution in [0.25, 0.3) is 11.3 Å². The fraction of sp³-hybridized carbons (Fsp3) is 0.360. The lowest BCUT2D eigenvalue weighted by Gasteiger charge is -2.15. The molecule has 10 heteroatoms. The van der Waals surface area contributed by atoms with E-state index >= 15 is 0 Å². The van der Waals surface area contributed by atoms with Gasteiger partial charge in [0.2, 0.25) is 0 Å². The smallest absolute Gasteiger partial charge is 0.254 e. The first-order chi connectivity index (χ1) is 16.9. The Hall–Kier alpha value is -3.21. The molecule has 182 valence electrons. The van der Waals surface area contributed by atoms with E-state index in [4.69, 9.17) is 9.47 Å². The molecule has 2 aromatic heterocycles. The summed E-state index contributed by atoms with van der Waals surface area (Å²) in [5.74, 6) is -0.550. The maximum absolute atomic E-state index is 14.7. The van der Waals surface area contributed by atoms with Gasteiger partial charge in [0.25, 0.3) is 5.91 Å². The number of hydrogen-bond donors (Lipinski definition) is 2. The van der Waals surface area contributed by atoms with Crippen LogP contribution in [-0.4, -0.2) is 51.5 Å². The van der Waals surface area contributed by atoms with Crippen LogP contribution < -0.4 is 10.1 Å². The predicted molar refractivity (Wildman–Crippen MR) is 126 cm³/mol. The molecule has 1 saturated carbocycles. The fourth-order valence-corrected chi connectivity index (χ4v) is 4.54. The summed E-state index contributed by atoms with van der Waals surface area (Å²) in [6.07, 6.45) is 2.28. The van der Waals surface area contributed by atoms with Gasteiger partial charge in [-0.05, 0) is 61.6 Å². The van der Waals surface area contributed by atoms with Gasteiger partial charge in [0.15, 0.2) is 5.78 Å². The van der Waals surface area contributed by atoms with Gasteiger partial charge in [-0.15, -0.1) is 0 Å². The summed E-state index contributed by atoms with van der Waals surface area (Å²) in [5.41, 5.74) is 1.44. The minimum Gasteiger partial charge on any atom is -0.484 e. The second kappa shape index (κ2) is 9.80. The average molecular weight is 498 g/mol. The molecule has 35 heavy (non-hydrogen) atoms. The molecule has 0 bridgehead atoms. The minimum absolute atomic E-state index is 0.0811. The van der Waals surface area contributed by atoms with Crippen molar-refractivity contribution >= 4 is 23.2 Å². The van der Waals surface area contributed by atoms with Crippen molar-refractivity contribution in [2.24, 2.45) is 5.92 Å². The summed E-state index contributed by atoms with van der Waals surface area (Å²) in [5, 5.41) is 12.4. The van der Waals surface area contributed by atoms with Gasteiger partial charge in [0, 0.05) is 11.5 Å². The van der Waals surface area contributed by atoms with Crippen molar-refractivity contribution in [2.45, 2.75) is 38.0 Å². The molecular formula is C25H24FN3O5S. The van der Waals surface area contributed by atoms with Crippen LogP contribution in [0.3, 0.4) is 0 Å². The van der Waals surface area contributed by atoms with Crippen molar-refractivity contribution < 1.29 is 28.6 Å². The molecular weight excluding hydrogens is 473 g/mol. The Kier molecular flexibility index (Phi) is 6.59. The average Bonchev–Trinajstić information content (AvgIpc) is 3.44. The molecule has 2 fully saturated rings. The van der Waals surface area contributed by atoms with Crippen LogP contribution in [0, 0.1) is 11.7 Å². The summed E-state index contributed by atoms with van der Waals surface area (Å²) in [4.78, 5) is 29.6. The minimum atomic E-state index is -0.808. The van der Waals surface area contributed by atoms with Crippen molar-refractivity contribution in [3.05, 3.63) is 64.5 Å². The predicted octanol–water partition coefficient (Wildman–Crippen LogP) is 3.57. The second-order valence-corrected chi connectivity index (χ2v) is 9.61. The maximum Gasteiger partial charge on any atom is 0.254 e. The van der Waals surface area contributed by atoms with E-state index in [1.807, 2.05) is 13.0 Å². The first-order valence-corrected chi connectivity index (χ1v) is 12.2. The molecule has 0 spiro atoms. The molecule has 1 aliphatic heterocycles. The highest BCUT2D eigenvalue weighted by Gasteiger charge is 2.31. The number of ether oxygens (including phenoxy) is 2. The third kappa shape index (κ3) is 5.24. The van der Waals surface area contributed by atoms with Gasteiger partial charge in [0.1, 0.15) is 23.4 Å². The Labute approximate surface area is 205 Å². The quantitative estimate of drug-likeness (QED) is 0.458. The SMILES string of the molecule is C[C@@H](Oc1ccc(C(=O)C2CC2)nc1)c1cc(-c2ccc(C(=O)N[C@@H]3COC[C@H]3O)c(F)c2)ns1. The highest BCUT2D eigenvalue weighted by molar-refractivity contribution is 7.06. The number of nitrogens with zero attached hydrogens (tertiary/aromatic N) is 2. The molecule has 3 atom stereocenters. The first-order valence-electron chi connectivity index (χ1n) is 11.4. The summed E-state index contributed by atoms with van der Waals surface area (Å²) < 4.78 is 30.2. The number of hydrogen-bond acceptors (Lipinski definition) is 8. The Morgan fingerprint density at radius 3 is 2.71 bits per heavy atom. The maximum atomic E-state index is 14.7. The molecule has 1 saturated heterocycles. The van der Waals surface area contributed by atoms with Crippen LogP contribution in [0.4, 0.5) is 4.39 Å². The van der Waals surface area contributed by atoms with Gasteiger partial charge in [-0.2, -0.15) is 4.37 Å². The molecule has 3 aromatic rings. The molecule has 5 rings (SSSR count). The largest absolute Gasteiger partial charge is 0.484 e. The highest BCUT2D eigenvalue weighted by atomic mass is 32.1. The Balaban J connectivity index is 1.23. The van der Waals surface area contributed by atoms with Crippen molar-refractivity contribution in [1.82, 2.24) is 14.7 Å². The van der Waals surface area contributed by atoms with Crippen LogP contribution >= 0.6 is 11.5 Å². The molecule has 3 heterocycles. The van der Waals surface area contributed by atoms with Crippen LogP contribution in [0.15, 0.2) is 42.6 Å². The molecule has 2 aliphatic rings. The van der Waals surface area contributed by atoms with Gasteiger partial charge in [-0.3, -0.25) is 9.59 Å². The summed E-state index contributed by atoms with van der Waals surface area (Å²) in [6, 6.07) is 8.96. The zero-order valence-electron chi connectivity index (χ0n) is 18.9. The number of halogens is 1. The highest BCUT2D eigenvalue weighted by Crippen LogP contribution is 2.33. The van der Waals surface area contributed by atoms with Crippen LogP contribution in [0.2, 0.25) is 0 Å². The van der Waals surface area contributed by atoms with Crippen molar-refractivity contribution in [2.75, 3.05) is 13.2 Å². The summed E-state index contributed by atoms with van der Waals surface area (Å²) in [7, 11) is 0. The second-order valence-electron chi connectivity index (χ2n) is 8.77. The van der Waals surface area contributed by atoms with Gasteiger partial charge < -0.3 is 19.9 Å². The van der Waals surface area contributed by atoms with Gasteiger partial charge in [-0.1, -0.05) is 6.07 Å². The normalized spacial score (nSPS) is 20.4. The number of aliphatic hydroxyl groups is 1. The molecule has 2 N–H and O–H groups in total. The molecule has 8 nitrogen and oxygen atoms in total. The van der Waals surface area contributed by atoms with E-state index in [9.17, 15) is 19.1 Å². The number of carbonyl (C=O) groups is 2. The van der Waals surface area contributed by atoms with E-state index in [0.29, 0.717) is 22.7 Å². The number of rotatable bonds is 8. The Bertz CT molecular complexity index is 1240. The Morgan fingerprint density at radius 1 is 1.23 bits per heavy atom. The number of aromatic nitrogens is 2. The number of nitrogens with one attached hydrogen (secondary N) is 1. The van der Waals surface area contributed by atoms with E-state index < -0.39 is 23.9 Å². The van der Waals surface area contributed by atoms with Gasteiger partial charge in [-0.25, -0.2) is 9.37 Å². The molecule has 0 radical (unpaired) electrons. The topological polar surface area (TPSA) is 111 Å². The van der Waals surface area contributed by atoms with E-state index in [1.165, 1.54) is 23.7 Å². The van der Waals surface area contributed by atoms with Crippen LogP contribution in [-0.2, 0) is 4.74 Å². The third-order valence-corrected chi connectivity index (χ3v) is 7.00. The summed E-state index contributed by atoms with van der Waals surface area (Å²) >= 11 is 1.24. The van der Waals surface area contributed by atoms with E-state index in [0.717, 1.165) is 17.7 Å². The number of amides is 1. The lowest BCUT2D eigenvalue weighted by Crippen LogP contribution is -2.42. The lowest BCUT2D eigenvalue weighted by molar-refractivity contribution is 0.0882. The number of carbonyl (C=O) groups excluding carboxylic acids is 2. The van der Waals surface area contributed by atoms with Crippen molar-refractivity contribution in [3.63, 3.8) is 0 Å². The molecule has 1 amide bonds.